The molecule has 3 heteroatoms. The molecule has 0 fully saturated rings. The molecule has 0 amide bonds. The fraction of sp³-hybridized carbons (Fsp3) is 0.125. The number of halogens is 1. The number of ketones is 1. The van der Waals surface area contributed by atoms with Gasteiger partial charge in [0.1, 0.15) is 0 Å². The summed E-state index contributed by atoms with van der Waals surface area (Å²) in [6.07, 6.45) is 0. The van der Waals surface area contributed by atoms with Crippen LogP contribution in [0.1, 0.15) is 17.3 Å². The van der Waals surface area contributed by atoms with Gasteiger partial charge in [0.15, 0.2) is 5.78 Å². The van der Waals surface area contributed by atoms with Crippen molar-refractivity contribution in [2.75, 3.05) is 0 Å². The van der Waals surface area contributed by atoms with Crippen LogP contribution >= 0.6 is 27.3 Å². The van der Waals surface area contributed by atoms with E-state index in [-0.39, 0.29) is 5.78 Å². The number of rotatable bonds is 2. The van der Waals surface area contributed by atoms with Crippen molar-refractivity contribution >= 4 is 33.0 Å². The number of carbonyl (C=O) groups is 1. The fourth-order valence-corrected chi connectivity index (χ4v) is 1.81. The van der Waals surface area contributed by atoms with E-state index in [9.17, 15) is 4.79 Å². The molecule has 0 N–H and O–H groups in total. The van der Waals surface area contributed by atoms with Gasteiger partial charge >= 0.3 is 0 Å². The lowest BCUT2D eigenvalue weighted by atomic mass is 10.1. The highest BCUT2D eigenvalue weighted by atomic mass is 79.9. The normalized spacial score (nSPS) is 9.64. The van der Waals surface area contributed by atoms with Crippen molar-refractivity contribution in [3.8, 4) is 0 Å². The van der Waals surface area contributed by atoms with Crippen molar-refractivity contribution < 1.29 is 4.79 Å². The molecule has 0 aliphatic carbocycles. The highest BCUT2D eigenvalue weighted by Crippen LogP contribution is 2.22. The van der Waals surface area contributed by atoms with Crippen molar-refractivity contribution in [1.29, 1.82) is 0 Å². The van der Waals surface area contributed by atoms with Crippen LogP contribution < -0.4 is 0 Å². The summed E-state index contributed by atoms with van der Waals surface area (Å²) in [4.78, 5) is 11.2. The lowest BCUT2D eigenvalue weighted by molar-refractivity contribution is 0.103. The predicted octanol–water partition coefficient (Wildman–Crippen LogP) is 3.27. The van der Waals surface area contributed by atoms with Crippen LogP contribution in [0.5, 0.6) is 0 Å². The zero-order valence-electron chi connectivity index (χ0n) is 6.06. The minimum Gasteiger partial charge on any atom is -0.289 e. The number of hydrogen-bond acceptors (Lipinski definition) is 2. The van der Waals surface area contributed by atoms with Gasteiger partial charge in [-0.3, -0.25) is 4.79 Å². The van der Waals surface area contributed by atoms with E-state index >= 15 is 0 Å². The highest BCUT2D eigenvalue weighted by molar-refractivity contribution is 9.11. The molecule has 0 bridgehead atoms. The summed E-state index contributed by atoms with van der Waals surface area (Å²) in [6, 6.07) is 1.81. The molecular weight excluding hydrogens is 224 g/mol. The van der Waals surface area contributed by atoms with Gasteiger partial charge in [0, 0.05) is 10.9 Å². The summed E-state index contributed by atoms with van der Waals surface area (Å²) < 4.78 is 0.974. The van der Waals surface area contributed by atoms with Crippen molar-refractivity contribution in [2.24, 2.45) is 0 Å². The summed E-state index contributed by atoms with van der Waals surface area (Å²) in [7, 11) is 0. The SMILES string of the molecule is C=C(C)C(=O)c1csc(Br)c1. The highest BCUT2D eigenvalue weighted by Gasteiger charge is 2.07. The van der Waals surface area contributed by atoms with E-state index in [2.05, 4.69) is 22.5 Å². The van der Waals surface area contributed by atoms with Crippen LogP contribution in [0, 0.1) is 0 Å². The van der Waals surface area contributed by atoms with Gasteiger partial charge in [-0.05, 0) is 34.5 Å². The Morgan fingerprint density at radius 1 is 1.73 bits per heavy atom. The van der Waals surface area contributed by atoms with Gasteiger partial charge in [-0.2, -0.15) is 0 Å². The predicted molar refractivity (Wildman–Crippen MR) is 51.2 cm³/mol. The third-order valence-electron chi connectivity index (χ3n) is 1.22. The van der Waals surface area contributed by atoms with Crippen LogP contribution in [0.15, 0.2) is 27.4 Å². The maximum atomic E-state index is 11.2. The zero-order chi connectivity index (χ0) is 8.43. The Balaban J connectivity index is 2.94. The van der Waals surface area contributed by atoms with Crippen molar-refractivity contribution in [2.45, 2.75) is 6.92 Å². The summed E-state index contributed by atoms with van der Waals surface area (Å²) >= 11 is 4.79. The first-order chi connectivity index (χ1) is 5.11. The molecule has 0 spiro atoms. The molecular formula is C8H7BrOS. The Morgan fingerprint density at radius 2 is 2.36 bits per heavy atom. The van der Waals surface area contributed by atoms with Crippen LogP contribution in [0.25, 0.3) is 0 Å². The maximum absolute atomic E-state index is 11.2. The first-order valence-corrected chi connectivity index (χ1v) is 4.73. The van der Waals surface area contributed by atoms with Gasteiger partial charge in [0.25, 0.3) is 0 Å². The number of allylic oxidation sites excluding steroid dienone is 1. The van der Waals surface area contributed by atoms with E-state index in [0.29, 0.717) is 5.57 Å². The molecule has 1 heterocycles. The van der Waals surface area contributed by atoms with Crippen LogP contribution in [-0.2, 0) is 0 Å². The Hall–Kier alpha value is -0.410. The monoisotopic (exact) mass is 230 g/mol. The summed E-state index contributed by atoms with van der Waals surface area (Å²) in [6.45, 7) is 5.30. The zero-order valence-corrected chi connectivity index (χ0v) is 8.46. The van der Waals surface area contributed by atoms with Crippen molar-refractivity contribution in [1.82, 2.24) is 0 Å². The number of hydrogen-bond donors (Lipinski definition) is 0. The number of Topliss-reactive ketones (excluding diaryl/α,β-unsaturated/α-hetero) is 1. The van der Waals surface area contributed by atoms with Crippen LogP contribution in [0.2, 0.25) is 0 Å². The average molecular weight is 231 g/mol. The molecule has 1 aromatic heterocycles. The molecule has 1 aromatic rings. The Kier molecular flexibility index (Phi) is 2.62. The van der Waals surface area contributed by atoms with E-state index in [4.69, 9.17) is 0 Å². The number of thiophene rings is 1. The van der Waals surface area contributed by atoms with E-state index < -0.39 is 0 Å². The molecule has 1 nitrogen and oxygen atoms in total. The van der Waals surface area contributed by atoms with Gasteiger partial charge in [0.05, 0.1) is 3.79 Å². The topological polar surface area (TPSA) is 17.1 Å². The molecule has 1 rings (SSSR count). The largest absolute Gasteiger partial charge is 0.289 e. The first-order valence-electron chi connectivity index (χ1n) is 3.05. The molecule has 0 atom stereocenters. The molecule has 0 aromatic carbocycles. The van der Waals surface area contributed by atoms with Crippen molar-refractivity contribution in [3.05, 3.63) is 32.9 Å². The smallest absolute Gasteiger partial charge is 0.189 e. The Morgan fingerprint density at radius 3 is 2.73 bits per heavy atom. The summed E-state index contributed by atoms with van der Waals surface area (Å²) in [5, 5.41) is 1.82. The third-order valence-corrected chi connectivity index (χ3v) is 2.72. The van der Waals surface area contributed by atoms with Gasteiger partial charge in [0.2, 0.25) is 0 Å². The van der Waals surface area contributed by atoms with Crippen LogP contribution in [0.3, 0.4) is 0 Å². The van der Waals surface area contributed by atoms with Crippen LogP contribution in [0.4, 0.5) is 0 Å². The standard InChI is InChI=1S/C8H7BrOS/c1-5(2)8(10)6-3-7(9)11-4-6/h3-4H,1H2,2H3. The molecule has 0 saturated carbocycles. The average Bonchev–Trinajstić information content (AvgIpc) is 2.34. The molecule has 0 unspecified atom stereocenters. The molecule has 11 heavy (non-hydrogen) atoms. The third kappa shape index (κ3) is 2.01. The van der Waals surface area contributed by atoms with Gasteiger partial charge < -0.3 is 0 Å². The lowest BCUT2D eigenvalue weighted by Crippen LogP contribution is -1.96. The summed E-state index contributed by atoms with van der Waals surface area (Å²) in [5.41, 5.74) is 1.30. The minimum absolute atomic E-state index is 0.0203. The van der Waals surface area contributed by atoms with Crippen molar-refractivity contribution in [3.63, 3.8) is 0 Å². The second-order valence-corrected chi connectivity index (χ2v) is 4.54. The molecule has 0 radical (unpaired) electrons. The fourth-order valence-electron chi connectivity index (χ4n) is 0.676. The maximum Gasteiger partial charge on any atom is 0.189 e. The van der Waals surface area contributed by atoms with Gasteiger partial charge in [-0.25, -0.2) is 0 Å². The summed E-state index contributed by atoms with van der Waals surface area (Å²) in [5.74, 6) is 0.0203. The van der Waals surface area contributed by atoms with E-state index in [0.717, 1.165) is 9.35 Å². The first kappa shape index (κ1) is 8.68. The molecule has 0 saturated heterocycles. The van der Waals surface area contributed by atoms with Crippen LogP contribution in [-0.4, -0.2) is 5.78 Å². The molecule has 58 valence electrons. The Labute approximate surface area is 77.9 Å². The lowest BCUT2D eigenvalue weighted by Gasteiger charge is -1.91. The second kappa shape index (κ2) is 3.32. The molecule has 0 aliphatic heterocycles. The van der Waals surface area contributed by atoms with Gasteiger partial charge in [-0.1, -0.05) is 6.58 Å². The minimum atomic E-state index is 0.0203. The number of carbonyl (C=O) groups excluding carboxylic acids is 1. The quantitative estimate of drug-likeness (QED) is 0.563. The van der Waals surface area contributed by atoms with E-state index in [1.165, 1.54) is 11.3 Å². The molecule has 0 aliphatic rings. The van der Waals surface area contributed by atoms with E-state index in [1.54, 1.807) is 6.92 Å². The Bertz CT molecular complexity index is 301. The van der Waals surface area contributed by atoms with Gasteiger partial charge in [-0.15, -0.1) is 11.3 Å². The second-order valence-electron chi connectivity index (χ2n) is 2.25. The van der Waals surface area contributed by atoms with E-state index in [1.807, 2.05) is 11.4 Å².